The zero-order chi connectivity index (χ0) is 15.8. The predicted molar refractivity (Wildman–Crippen MR) is 85.5 cm³/mol. The van der Waals surface area contributed by atoms with Crippen LogP contribution in [0.1, 0.15) is 22.1 Å². The monoisotopic (exact) mass is 308 g/mol. The van der Waals surface area contributed by atoms with Gasteiger partial charge in [0, 0.05) is 19.3 Å². The van der Waals surface area contributed by atoms with E-state index in [1.807, 2.05) is 24.3 Å². The quantitative estimate of drug-likeness (QED) is 0.805. The highest BCUT2D eigenvalue weighted by molar-refractivity contribution is 5.97. The van der Waals surface area contributed by atoms with Gasteiger partial charge in [0.05, 0.1) is 24.1 Å². The zero-order valence-electron chi connectivity index (χ0n) is 12.7. The van der Waals surface area contributed by atoms with Crippen molar-refractivity contribution in [3.63, 3.8) is 0 Å². The molecule has 2 aromatic heterocycles. The van der Waals surface area contributed by atoms with Gasteiger partial charge in [0.15, 0.2) is 0 Å². The van der Waals surface area contributed by atoms with Crippen LogP contribution in [0.5, 0.6) is 5.88 Å². The van der Waals surface area contributed by atoms with Gasteiger partial charge in [0.2, 0.25) is 5.88 Å². The lowest BCUT2D eigenvalue weighted by Crippen LogP contribution is -2.48. The van der Waals surface area contributed by atoms with E-state index in [1.54, 1.807) is 23.2 Å². The summed E-state index contributed by atoms with van der Waals surface area (Å²) in [7, 11) is 1.52. The lowest BCUT2D eigenvalue weighted by atomic mass is 9.98. The number of aromatic nitrogens is 3. The SMILES string of the molecule is COc1ncccc1C(=O)N1CC(c2nc3ccccc3[nH]2)C1. The van der Waals surface area contributed by atoms with Crippen LogP contribution in [-0.4, -0.2) is 46.0 Å². The molecule has 0 aliphatic carbocycles. The van der Waals surface area contributed by atoms with Gasteiger partial charge in [-0.2, -0.15) is 0 Å². The number of H-pyrrole nitrogens is 1. The fourth-order valence-corrected chi connectivity index (χ4v) is 2.87. The Morgan fingerprint density at radius 2 is 2.09 bits per heavy atom. The molecular weight excluding hydrogens is 292 g/mol. The Hall–Kier alpha value is -2.89. The zero-order valence-corrected chi connectivity index (χ0v) is 12.7. The second-order valence-electron chi connectivity index (χ2n) is 5.61. The van der Waals surface area contributed by atoms with Crippen molar-refractivity contribution in [3.05, 3.63) is 54.0 Å². The number of fused-ring (bicyclic) bond motifs is 1. The van der Waals surface area contributed by atoms with E-state index < -0.39 is 0 Å². The second-order valence-corrected chi connectivity index (χ2v) is 5.61. The van der Waals surface area contributed by atoms with Gasteiger partial charge in [-0.1, -0.05) is 12.1 Å². The van der Waals surface area contributed by atoms with Gasteiger partial charge in [0.25, 0.3) is 5.91 Å². The number of ether oxygens (including phenoxy) is 1. The van der Waals surface area contributed by atoms with E-state index in [9.17, 15) is 4.79 Å². The molecule has 0 saturated carbocycles. The third kappa shape index (κ3) is 2.32. The first-order valence-electron chi connectivity index (χ1n) is 7.49. The number of para-hydroxylation sites is 2. The predicted octanol–water partition coefficient (Wildman–Crippen LogP) is 2.21. The minimum Gasteiger partial charge on any atom is -0.480 e. The van der Waals surface area contributed by atoms with Gasteiger partial charge in [-0.15, -0.1) is 0 Å². The van der Waals surface area contributed by atoms with Crippen LogP contribution in [0.25, 0.3) is 11.0 Å². The van der Waals surface area contributed by atoms with Crippen LogP contribution < -0.4 is 4.74 Å². The van der Waals surface area contributed by atoms with Crippen LogP contribution in [0, 0.1) is 0 Å². The summed E-state index contributed by atoms with van der Waals surface area (Å²) in [6.07, 6.45) is 1.61. The lowest BCUT2D eigenvalue weighted by Gasteiger charge is -2.38. The van der Waals surface area contributed by atoms with Crippen LogP contribution in [0.4, 0.5) is 0 Å². The molecule has 0 unspecified atom stereocenters. The molecule has 3 heterocycles. The van der Waals surface area contributed by atoms with Crippen molar-refractivity contribution in [2.75, 3.05) is 20.2 Å². The molecule has 1 aliphatic rings. The number of nitrogens with one attached hydrogen (secondary N) is 1. The van der Waals surface area contributed by atoms with E-state index in [4.69, 9.17) is 4.74 Å². The number of carbonyl (C=O) groups excluding carboxylic acids is 1. The number of hydrogen-bond donors (Lipinski definition) is 1. The molecule has 4 rings (SSSR count). The smallest absolute Gasteiger partial charge is 0.259 e. The van der Waals surface area contributed by atoms with Gasteiger partial charge in [-0.05, 0) is 24.3 Å². The van der Waals surface area contributed by atoms with Crippen molar-refractivity contribution >= 4 is 16.9 Å². The normalized spacial score (nSPS) is 14.7. The second kappa shape index (κ2) is 5.39. The number of benzene rings is 1. The standard InChI is InChI=1S/C17H16N4O2/c1-23-16-12(5-4-8-18-16)17(22)21-9-11(10-21)15-19-13-6-2-3-7-14(13)20-15/h2-8,11H,9-10H2,1H3,(H,19,20). The summed E-state index contributed by atoms with van der Waals surface area (Å²) in [5.41, 5.74) is 2.49. The van der Waals surface area contributed by atoms with Gasteiger partial charge in [-0.3, -0.25) is 4.79 Å². The minimum atomic E-state index is -0.0534. The molecule has 6 heteroatoms. The number of carbonyl (C=O) groups is 1. The number of methoxy groups -OCH3 is 1. The molecule has 1 aliphatic heterocycles. The van der Waals surface area contributed by atoms with Crippen molar-refractivity contribution in [1.82, 2.24) is 19.9 Å². The van der Waals surface area contributed by atoms with Crippen molar-refractivity contribution in [1.29, 1.82) is 0 Å². The number of likely N-dealkylation sites (tertiary alicyclic amines) is 1. The van der Waals surface area contributed by atoms with Gasteiger partial charge in [0.1, 0.15) is 11.4 Å². The molecule has 6 nitrogen and oxygen atoms in total. The Labute approximate surface area is 133 Å². The van der Waals surface area contributed by atoms with Crippen LogP contribution in [0.15, 0.2) is 42.6 Å². The molecule has 0 spiro atoms. The summed E-state index contributed by atoms with van der Waals surface area (Å²) >= 11 is 0. The first-order valence-corrected chi connectivity index (χ1v) is 7.49. The molecule has 116 valence electrons. The van der Waals surface area contributed by atoms with E-state index in [-0.39, 0.29) is 11.8 Å². The molecule has 0 radical (unpaired) electrons. The summed E-state index contributed by atoms with van der Waals surface area (Å²) in [6, 6.07) is 11.4. The van der Waals surface area contributed by atoms with Crippen molar-refractivity contribution < 1.29 is 9.53 Å². The largest absolute Gasteiger partial charge is 0.480 e. The summed E-state index contributed by atoms with van der Waals surface area (Å²) < 4.78 is 5.16. The highest BCUT2D eigenvalue weighted by Crippen LogP contribution is 2.29. The van der Waals surface area contributed by atoms with Crippen LogP contribution in [-0.2, 0) is 0 Å². The average Bonchev–Trinajstić information content (AvgIpc) is 2.96. The highest BCUT2D eigenvalue weighted by Gasteiger charge is 2.35. The molecule has 0 bridgehead atoms. The summed E-state index contributed by atoms with van der Waals surface area (Å²) in [5.74, 6) is 1.49. The average molecular weight is 308 g/mol. The van der Waals surface area contributed by atoms with Gasteiger partial charge in [-0.25, -0.2) is 9.97 Å². The molecule has 1 N–H and O–H groups in total. The van der Waals surface area contributed by atoms with Crippen LogP contribution in [0.2, 0.25) is 0 Å². The van der Waals surface area contributed by atoms with E-state index in [1.165, 1.54) is 7.11 Å². The lowest BCUT2D eigenvalue weighted by molar-refractivity contribution is 0.0591. The summed E-state index contributed by atoms with van der Waals surface area (Å²) in [4.78, 5) is 26.3. The Morgan fingerprint density at radius 1 is 1.26 bits per heavy atom. The molecule has 0 atom stereocenters. The van der Waals surface area contributed by atoms with Crippen molar-refractivity contribution in [3.8, 4) is 5.88 Å². The third-order valence-electron chi connectivity index (χ3n) is 4.16. The molecule has 1 fully saturated rings. The number of amides is 1. The molecule has 3 aromatic rings. The fraction of sp³-hybridized carbons (Fsp3) is 0.235. The number of imidazole rings is 1. The summed E-state index contributed by atoms with van der Waals surface area (Å²) in [6.45, 7) is 1.30. The number of aromatic amines is 1. The van der Waals surface area contributed by atoms with Gasteiger partial charge >= 0.3 is 0 Å². The first-order chi connectivity index (χ1) is 11.3. The van der Waals surface area contributed by atoms with E-state index in [2.05, 4.69) is 15.0 Å². The first kappa shape index (κ1) is 13.8. The molecule has 23 heavy (non-hydrogen) atoms. The third-order valence-corrected chi connectivity index (χ3v) is 4.16. The molecule has 1 aromatic carbocycles. The number of rotatable bonds is 3. The fourth-order valence-electron chi connectivity index (χ4n) is 2.87. The molecule has 1 amide bonds. The topological polar surface area (TPSA) is 71.1 Å². The highest BCUT2D eigenvalue weighted by atomic mass is 16.5. The van der Waals surface area contributed by atoms with E-state index in [0.717, 1.165) is 16.9 Å². The maximum atomic E-state index is 12.5. The molecular formula is C17H16N4O2. The number of pyridine rings is 1. The van der Waals surface area contributed by atoms with E-state index >= 15 is 0 Å². The Kier molecular flexibility index (Phi) is 3.22. The van der Waals surface area contributed by atoms with Crippen LogP contribution in [0.3, 0.4) is 0 Å². The number of nitrogens with zero attached hydrogens (tertiary/aromatic N) is 3. The molecule has 1 saturated heterocycles. The Balaban J connectivity index is 1.49. The Morgan fingerprint density at radius 3 is 2.87 bits per heavy atom. The van der Waals surface area contributed by atoms with Crippen molar-refractivity contribution in [2.45, 2.75) is 5.92 Å². The summed E-state index contributed by atoms with van der Waals surface area (Å²) in [5, 5.41) is 0. The van der Waals surface area contributed by atoms with Crippen LogP contribution >= 0.6 is 0 Å². The number of hydrogen-bond acceptors (Lipinski definition) is 4. The van der Waals surface area contributed by atoms with Gasteiger partial charge < -0.3 is 14.6 Å². The Bertz CT molecular complexity index is 835. The minimum absolute atomic E-state index is 0.0534. The maximum absolute atomic E-state index is 12.5. The maximum Gasteiger partial charge on any atom is 0.259 e. The van der Waals surface area contributed by atoms with Crippen molar-refractivity contribution in [2.24, 2.45) is 0 Å². The van der Waals surface area contributed by atoms with E-state index in [0.29, 0.717) is 24.5 Å².